The van der Waals surface area contributed by atoms with Gasteiger partial charge in [0.15, 0.2) is 6.29 Å². The Kier molecular flexibility index (Phi) is 3.69. The molecule has 3 N–H and O–H groups in total. The summed E-state index contributed by atoms with van der Waals surface area (Å²) in [5.41, 5.74) is 0. The van der Waals surface area contributed by atoms with Crippen molar-refractivity contribution in [2.45, 2.75) is 44.8 Å². The van der Waals surface area contributed by atoms with Gasteiger partial charge in [0.2, 0.25) is 0 Å². The number of hydrogen-bond donors (Lipinski definition) is 2. The molecule has 2 aliphatic heterocycles. The van der Waals surface area contributed by atoms with E-state index in [4.69, 9.17) is 15.8 Å². The zero-order valence-electron chi connectivity index (χ0n) is 12.7. The minimum absolute atomic E-state index is 0.0351. The number of hydrogen-bond acceptors (Lipinski definition) is 6. The average Bonchev–Trinajstić information content (AvgIpc) is 3.39. The van der Waals surface area contributed by atoms with Crippen molar-refractivity contribution in [3.63, 3.8) is 0 Å². The molecule has 0 radical (unpaired) electrons. The minimum atomic E-state index is -0.0351. The third kappa shape index (κ3) is 3.27. The van der Waals surface area contributed by atoms with Crippen LogP contribution >= 0.6 is 0 Å². The first-order valence-corrected chi connectivity index (χ1v) is 8.42. The first-order valence-electron chi connectivity index (χ1n) is 8.42. The van der Waals surface area contributed by atoms with Crippen LogP contribution in [0.25, 0.3) is 0 Å². The summed E-state index contributed by atoms with van der Waals surface area (Å²) >= 11 is 0. The molecular formula is C15H26N6. The third-order valence-corrected chi connectivity index (χ3v) is 4.88. The molecule has 2 saturated carbocycles. The number of nitrogens with two attached hydrogens (primary N) is 1. The SMILES string of the molecule is NN1C(CC2CC2)=NC(CC2CC2)=NC1N1CCNCC1. The molecule has 116 valence electrons. The van der Waals surface area contributed by atoms with E-state index >= 15 is 0 Å². The van der Waals surface area contributed by atoms with E-state index in [0.29, 0.717) is 0 Å². The molecule has 0 aromatic rings. The van der Waals surface area contributed by atoms with E-state index in [1.807, 2.05) is 5.01 Å². The Morgan fingerprint density at radius 1 is 1.05 bits per heavy atom. The summed E-state index contributed by atoms with van der Waals surface area (Å²) in [4.78, 5) is 12.0. The average molecular weight is 290 g/mol. The van der Waals surface area contributed by atoms with Crippen molar-refractivity contribution in [1.29, 1.82) is 0 Å². The molecule has 6 heteroatoms. The van der Waals surface area contributed by atoms with Crippen LogP contribution in [-0.2, 0) is 0 Å². The van der Waals surface area contributed by atoms with E-state index in [0.717, 1.165) is 62.5 Å². The van der Waals surface area contributed by atoms with Crippen molar-refractivity contribution in [2.75, 3.05) is 26.2 Å². The smallest absolute Gasteiger partial charge is 0.195 e. The Labute approximate surface area is 126 Å². The standard InChI is InChI=1S/C15H26N6/c16-21-14(10-12-3-4-12)18-13(9-11-1-2-11)19-15(21)20-7-5-17-6-8-20/h11-12,15,17H,1-10,16H2. The second kappa shape index (κ2) is 5.66. The zero-order chi connectivity index (χ0) is 14.2. The van der Waals surface area contributed by atoms with Crippen molar-refractivity contribution in [1.82, 2.24) is 15.2 Å². The molecule has 1 atom stereocenters. The van der Waals surface area contributed by atoms with Crippen LogP contribution < -0.4 is 11.2 Å². The van der Waals surface area contributed by atoms with Gasteiger partial charge < -0.3 is 5.32 Å². The van der Waals surface area contributed by atoms with Gasteiger partial charge in [0.1, 0.15) is 11.7 Å². The van der Waals surface area contributed by atoms with Gasteiger partial charge in [-0.2, -0.15) is 0 Å². The Morgan fingerprint density at radius 3 is 2.38 bits per heavy atom. The van der Waals surface area contributed by atoms with Crippen LogP contribution in [0.5, 0.6) is 0 Å². The van der Waals surface area contributed by atoms with Crippen molar-refractivity contribution >= 4 is 11.7 Å². The fraction of sp³-hybridized carbons (Fsp3) is 0.867. The van der Waals surface area contributed by atoms with Crippen LogP contribution in [0.3, 0.4) is 0 Å². The number of hydrazine groups is 1. The van der Waals surface area contributed by atoms with E-state index in [-0.39, 0.29) is 6.29 Å². The van der Waals surface area contributed by atoms with E-state index in [1.54, 1.807) is 0 Å². The van der Waals surface area contributed by atoms with E-state index in [2.05, 4.69) is 10.2 Å². The van der Waals surface area contributed by atoms with Gasteiger partial charge in [0, 0.05) is 39.0 Å². The Bertz CT molecular complexity index is 445. The molecule has 0 aromatic heterocycles. The van der Waals surface area contributed by atoms with Crippen molar-refractivity contribution in [2.24, 2.45) is 27.7 Å². The maximum Gasteiger partial charge on any atom is 0.195 e. The van der Waals surface area contributed by atoms with Gasteiger partial charge in [0.05, 0.1) is 0 Å². The van der Waals surface area contributed by atoms with Gasteiger partial charge in [-0.3, -0.25) is 9.91 Å². The Hall–Kier alpha value is -0.980. The molecule has 1 unspecified atom stereocenters. The van der Waals surface area contributed by atoms with E-state index < -0.39 is 0 Å². The summed E-state index contributed by atoms with van der Waals surface area (Å²) in [5.74, 6) is 10.1. The van der Waals surface area contributed by atoms with E-state index in [1.165, 1.54) is 25.7 Å². The van der Waals surface area contributed by atoms with Crippen molar-refractivity contribution < 1.29 is 0 Å². The Morgan fingerprint density at radius 2 is 1.71 bits per heavy atom. The topological polar surface area (TPSA) is 69.2 Å². The van der Waals surface area contributed by atoms with Crippen LogP contribution in [0, 0.1) is 11.8 Å². The molecule has 0 aromatic carbocycles. The molecule has 1 saturated heterocycles. The maximum atomic E-state index is 6.37. The minimum Gasteiger partial charge on any atom is -0.314 e. The lowest BCUT2D eigenvalue weighted by Gasteiger charge is -2.40. The van der Waals surface area contributed by atoms with Crippen LogP contribution in [0.1, 0.15) is 38.5 Å². The normalized spacial score (nSPS) is 31.1. The predicted molar refractivity (Wildman–Crippen MR) is 83.8 cm³/mol. The van der Waals surface area contributed by atoms with Crippen LogP contribution in [0.15, 0.2) is 9.98 Å². The van der Waals surface area contributed by atoms with Crippen molar-refractivity contribution in [3.8, 4) is 0 Å². The molecular weight excluding hydrogens is 264 g/mol. The second-order valence-corrected chi connectivity index (χ2v) is 6.91. The summed E-state index contributed by atoms with van der Waals surface area (Å²) in [6.07, 6.45) is 7.40. The monoisotopic (exact) mass is 290 g/mol. The van der Waals surface area contributed by atoms with Gasteiger partial charge >= 0.3 is 0 Å². The van der Waals surface area contributed by atoms with Gasteiger partial charge in [-0.1, -0.05) is 0 Å². The molecule has 4 aliphatic rings. The molecule has 21 heavy (non-hydrogen) atoms. The number of rotatable bonds is 5. The molecule has 0 bridgehead atoms. The molecule has 6 nitrogen and oxygen atoms in total. The summed E-state index contributed by atoms with van der Waals surface area (Å²) < 4.78 is 0. The molecule has 2 aliphatic carbocycles. The molecule has 0 spiro atoms. The largest absolute Gasteiger partial charge is 0.314 e. The highest BCUT2D eigenvalue weighted by Crippen LogP contribution is 2.36. The number of nitrogens with one attached hydrogen (secondary N) is 1. The van der Waals surface area contributed by atoms with Gasteiger partial charge in [-0.25, -0.2) is 15.8 Å². The number of aliphatic imine (C=N–C) groups is 2. The highest BCUT2D eigenvalue weighted by atomic mass is 15.6. The fourth-order valence-electron chi connectivity index (χ4n) is 3.14. The predicted octanol–water partition coefficient (Wildman–Crippen LogP) is 0.762. The lowest BCUT2D eigenvalue weighted by molar-refractivity contribution is 0.0812. The summed E-state index contributed by atoms with van der Waals surface area (Å²) in [6.45, 7) is 4.06. The number of piperazine rings is 1. The van der Waals surface area contributed by atoms with Crippen LogP contribution in [0.2, 0.25) is 0 Å². The lowest BCUT2D eigenvalue weighted by Crippen LogP contribution is -2.59. The molecule has 4 rings (SSSR count). The second-order valence-electron chi connectivity index (χ2n) is 6.91. The van der Waals surface area contributed by atoms with E-state index in [9.17, 15) is 0 Å². The highest BCUT2D eigenvalue weighted by molar-refractivity contribution is 5.99. The number of nitrogens with zero attached hydrogens (tertiary/aromatic N) is 4. The van der Waals surface area contributed by atoms with Crippen LogP contribution in [0.4, 0.5) is 0 Å². The molecule has 3 fully saturated rings. The van der Waals surface area contributed by atoms with Gasteiger partial charge in [0.25, 0.3) is 0 Å². The number of amidine groups is 2. The zero-order valence-corrected chi connectivity index (χ0v) is 12.7. The van der Waals surface area contributed by atoms with Crippen molar-refractivity contribution in [3.05, 3.63) is 0 Å². The molecule has 2 heterocycles. The maximum absolute atomic E-state index is 6.37. The fourth-order valence-corrected chi connectivity index (χ4v) is 3.14. The van der Waals surface area contributed by atoms with Gasteiger partial charge in [-0.15, -0.1) is 0 Å². The molecule has 0 amide bonds. The summed E-state index contributed by atoms with van der Waals surface area (Å²) in [5, 5.41) is 5.23. The summed E-state index contributed by atoms with van der Waals surface area (Å²) in [6, 6.07) is 0. The van der Waals surface area contributed by atoms with Crippen LogP contribution in [-0.4, -0.2) is 54.0 Å². The Balaban J connectivity index is 1.52. The van der Waals surface area contributed by atoms with Gasteiger partial charge in [-0.05, 0) is 37.5 Å². The highest BCUT2D eigenvalue weighted by Gasteiger charge is 2.34. The third-order valence-electron chi connectivity index (χ3n) is 4.88. The quantitative estimate of drug-likeness (QED) is 0.734. The lowest BCUT2D eigenvalue weighted by atomic mass is 10.2. The first kappa shape index (κ1) is 13.7. The summed E-state index contributed by atoms with van der Waals surface area (Å²) in [7, 11) is 0. The first-order chi connectivity index (χ1) is 10.3.